The van der Waals surface area contributed by atoms with E-state index < -0.39 is 17.5 Å². The van der Waals surface area contributed by atoms with E-state index in [1.165, 1.54) is 18.2 Å². The highest BCUT2D eigenvalue weighted by Crippen LogP contribution is 2.28. The Morgan fingerprint density at radius 3 is 2.33 bits per heavy atom. The fraction of sp³-hybridized carbons (Fsp3) is 0.0769. The fourth-order valence-corrected chi connectivity index (χ4v) is 2.42. The lowest BCUT2D eigenvalue weighted by Crippen LogP contribution is -1.94. The molecule has 0 saturated carbocycles. The maximum atomic E-state index is 13.4. The maximum Gasteiger partial charge on any atom is 0.136 e. The van der Waals surface area contributed by atoms with E-state index in [2.05, 4.69) is 0 Å². The molecule has 18 heavy (non-hydrogen) atoms. The number of hydrogen-bond donors (Lipinski definition) is 1. The lowest BCUT2D eigenvalue weighted by Gasteiger charge is -2.06. The molecule has 0 aromatic heterocycles. The summed E-state index contributed by atoms with van der Waals surface area (Å²) in [7, 11) is 0. The van der Waals surface area contributed by atoms with Gasteiger partial charge in [-0.25, -0.2) is 13.2 Å². The summed E-state index contributed by atoms with van der Waals surface area (Å²) in [5, 5.41) is 0. The van der Waals surface area contributed by atoms with Crippen LogP contribution in [-0.4, -0.2) is 0 Å². The summed E-state index contributed by atoms with van der Waals surface area (Å²) in [6, 6.07) is 7.29. The number of nitrogen functional groups attached to an aromatic ring is 1. The van der Waals surface area contributed by atoms with E-state index in [1.54, 1.807) is 0 Å². The van der Waals surface area contributed by atoms with E-state index in [9.17, 15) is 13.2 Å². The first kappa shape index (κ1) is 12.8. The van der Waals surface area contributed by atoms with Gasteiger partial charge in [0.15, 0.2) is 0 Å². The molecule has 2 aromatic rings. The second kappa shape index (κ2) is 5.35. The molecule has 0 atom stereocenters. The highest BCUT2D eigenvalue weighted by atomic mass is 32.2. The first-order chi connectivity index (χ1) is 8.56. The molecular weight excluding hydrogens is 259 g/mol. The summed E-state index contributed by atoms with van der Waals surface area (Å²) >= 11 is 1.12. The van der Waals surface area contributed by atoms with Gasteiger partial charge in [0.2, 0.25) is 0 Å². The average molecular weight is 269 g/mol. The molecule has 2 rings (SSSR count). The molecule has 0 heterocycles. The largest absolute Gasteiger partial charge is 0.398 e. The topological polar surface area (TPSA) is 26.0 Å². The quantitative estimate of drug-likeness (QED) is 0.673. The Morgan fingerprint density at radius 1 is 0.944 bits per heavy atom. The van der Waals surface area contributed by atoms with Gasteiger partial charge in [0, 0.05) is 16.3 Å². The first-order valence-electron chi connectivity index (χ1n) is 5.18. The van der Waals surface area contributed by atoms with Gasteiger partial charge < -0.3 is 5.73 Å². The van der Waals surface area contributed by atoms with Crippen molar-refractivity contribution >= 4 is 17.4 Å². The number of nitrogens with two attached hydrogens (primary N) is 1. The first-order valence-corrected chi connectivity index (χ1v) is 6.16. The number of benzene rings is 2. The molecule has 0 spiro atoms. The van der Waals surface area contributed by atoms with Crippen LogP contribution in [0.4, 0.5) is 18.9 Å². The molecule has 0 radical (unpaired) electrons. The lowest BCUT2D eigenvalue weighted by atomic mass is 10.2. The van der Waals surface area contributed by atoms with Crippen molar-refractivity contribution in [3.63, 3.8) is 0 Å². The van der Waals surface area contributed by atoms with E-state index >= 15 is 0 Å². The third-order valence-corrected chi connectivity index (χ3v) is 3.46. The Morgan fingerprint density at radius 2 is 1.61 bits per heavy atom. The number of halogens is 3. The molecule has 2 aromatic carbocycles. The molecule has 0 saturated heterocycles. The van der Waals surface area contributed by atoms with Gasteiger partial charge in [0.1, 0.15) is 17.5 Å². The summed E-state index contributed by atoms with van der Waals surface area (Å²) in [4.78, 5) is 0.207. The predicted molar refractivity (Wildman–Crippen MR) is 66.7 cm³/mol. The summed E-state index contributed by atoms with van der Waals surface area (Å²) in [5.41, 5.74) is 6.62. The molecule has 0 aliphatic carbocycles. The fourth-order valence-electron chi connectivity index (χ4n) is 1.44. The zero-order valence-electron chi connectivity index (χ0n) is 9.29. The van der Waals surface area contributed by atoms with Crippen LogP contribution < -0.4 is 5.73 Å². The molecular formula is C13H10F3NS. The van der Waals surface area contributed by atoms with Crippen LogP contribution in [0.15, 0.2) is 41.3 Å². The van der Waals surface area contributed by atoms with Gasteiger partial charge in [-0.3, -0.25) is 0 Å². The molecule has 2 N–H and O–H groups in total. The Labute approximate surface area is 107 Å². The van der Waals surface area contributed by atoms with Gasteiger partial charge in [-0.05, 0) is 35.9 Å². The van der Waals surface area contributed by atoms with E-state index in [0.717, 1.165) is 30.0 Å². The molecule has 0 fully saturated rings. The van der Waals surface area contributed by atoms with E-state index in [4.69, 9.17) is 5.73 Å². The molecule has 5 heteroatoms. The molecule has 0 aliphatic heterocycles. The van der Waals surface area contributed by atoms with Gasteiger partial charge in [0.05, 0.1) is 0 Å². The van der Waals surface area contributed by atoms with Crippen molar-refractivity contribution in [1.29, 1.82) is 0 Å². The van der Waals surface area contributed by atoms with Crippen LogP contribution in [0.2, 0.25) is 0 Å². The second-order valence-corrected chi connectivity index (χ2v) is 4.72. The van der Waals surface area contributed by atoms with Gasteiger partial charge in [-0.1, -0.05) is 6.07 Å². The van der Waals surface area contributed by atoms with Crippen molar-refractivity contribution in [3.05, 3.63) is 59.4 Å². The van der Waals surface area contributed by atoms with Crippen molar-refractivity contribution in [2.75, 3.05) is 5.73 Å². The van der Waals surface area contributed by atoms with Crippen molar-refractivity contribution in [1.82, 2.24) is 0 Å². The Balaban J connectivity index is 2.13. The van der Waals surface area contributed by atoms with Gasteiger partial charge >= 0.3 is 0 Å². The maximum absolute atomic E-state index is 13.4. The highest BCUT2D eigenvalue weighted by molar-refractivity contribution is 7.98. The van der Waals surface area contributed by atoms with E-state index in [-0.39, 0.29) is 4.90 Å². The third kappa shape index (κ3) is 2.98. The number of thioether (sulfide) groups is 1. The van der Waals surface area contributed by atoms with Gasteiger partial charge in [-0.2, -0.15) is 0 Å². The minimum absolute atomic E-state index is 0.207. The number of hydrogen-bond acceptors (Lipinski definition) is 2. The minimum atomic E-state index is -0.494. The van der Waals surface area contributed by atoms with E-state index in [0.29, 0.717) is 17.0 Å². The van der Waals surface area contributed by atoms with Crippen LogP contribution in [0.1, 0.15) is 5.56 Å². The molecule has 0 aliphatic rings. The van der Waals surface area contributed by atoms with E-state index in [1.807, 2.05) is 0 Å². The zero-order chi connectivity index (χ0) is 13.1. The number of anilines is 1. The highest BCUT2D eigenvalue weighted by Gasteiger charge is 2.07. The third-order valence-electron chi connectivity index (χ3n) is 2.38. The monoisotopic (exact) mass is 269 g/mol. The van der Waals surface area contributed by atoms with Gasteiger partial charge in [0.25, 0.3) is 0 Å². The van der Waals surface area contributed by atoms with Gasteiger partial charge in [-0.15, -0.1) is 11.8 Å². The predicted octanol–water partition coefficient (Wildman–Crippen LogP) is 3.98. The van der Waals surface area contributed by atoms with Crippen molar-refractivity contribution < 1.29 is 13.2 Å². The standard InChI is InChI=1S/C13H10F3NS/c14-9-2-1-8(12(17)5-9)7-18-13-6-10(15)3-4-11(13)16/h1-6H,7,17H2. The SMILES string of the molecule is Nc1cc(F)ccc1CSc1cc(F)ccc1F. The summed E-state index contributed by atoms with van der Waals surface area (Å²) in [5.74, 6) is -1.04. The van der Waals surface area contributed by atoms with Crippen LogP contribution in [0.3, 0.4) is 0 Å². The second-order valence-electron chi connectivity index (χ2n) is 3.71. The Bertz CT molecular complexity index is 572. The summed E-state index contributed by atoms with van der Waals surface area (Å²) in [6.45, 7) is 0. The molecule has 1 nitrogen and oxygen atoms in total. The minimum Gasteiger partial charge on any atom is -0.398 e. The Kier molecular flexibility index (Phi) is 3.81. The van der Waals surface area contributed by atoms with Crippen LogP contribution in [0.25, 0.3) is 0 Å². The summed E-state index contributed by atoms with van der Waals surface area (Å²) in [6.07, 6.45) is 0. The number of rotatable bonds is 3. The summed E-state index contributed by atoms with van der Waals surface area (Å²) < 4.78 is 39.1. The molecule has 94 valence electrons. The van der Waals surface area contributed by atoms with Crippen molar-refractivity contribution in [2.24, 2.45) is 0 Å². The molecule has 0 amide bonds. The van der Waals surface area contributed by atoms with Crippen molar-refractivity contribution in [3.8, 4) is 0 Å². The van der Waals surface area contributed by atoms with Crippen LogP contribution in [0.5, 0.6) is 0 Å². The van der Waals surface area contributed by atoms with Crippen LogP contribution in [-0.2, 0) is 5.75 Å². The van der Waals surface area contributed by atoms with Crippen molar-refractivity contribution in [2.45, 2.75) is 10.6 Å². The van der Waals surface area contributed by atoms with Crippen LogP contribution in [0, 0.1) is 17.5 Å². The molecule has 0 bridgehead atoms. The zero-order valence-corrected chi connectivity index (χ0v) is 10.1. The normalized spacial score (nSPS) is 10.6. The lowest BCUT2D eigenvalue weighted by molar-refractivity contribution is 0.577. The Hall–Kier alpha value is -1.62. The van der Waals surface area contributed by atoms with Crippen LogP contribution >= 0.6 is 11.8 Å². The smallest absolute Gasteiger partial charge is 0.136 e. The molecule has 0 unspecified atom stereocenters. The average Bonchev–Trinajstić information content (AvgIpc) is 2.32.